The van der Waals surface area contributed by atoms with Gasteiger partial charge in [-0.05, 0) is 36.2 Å². The number of nitrogens with zero attached hydrogens (tertiary/aromatic N) is 4. The SMILES string of the molecule is CCc1nc2ccc(Cl)cn2c1C(=O)NCc1ccc(N2CC3(CN(C(C)=O)C3)C2)cc1. The van der Waals surface area contributed by atoms with Gasteiger partial charge in [-0.2, -0.15) is 0 Å². The third-order valence-electron chi connectivity index (χ3n) is 6.51. The average Bonchev–Trinajstić information content (AvgIpc) is 3.08. The normalized spacial score (nSPS) is 16.7. The number of carbonyl (C=O) groups is 2. The fraction of sp³-hybridized carbons (Fsp3) is 0.375. The van der Waals surface area contributed by atoms with Crippen LogP contribution in [0.1, 0.15) is 35.6 Å². The molecule has 1 N–H and O–H groups in total. The van der Waals surface area contributed by atoms with Crippen LogP contribution >= 0.6 is 11.6 Å². The van der Waals surface area contributed by atoms with Gasteiger partial charge in [0, 0.05) is 56.9 Å². The van der Waals surface area contributed by atoms with Crippen molar-refractivity contribution in [1.29, 1.82) is 0 Å². The number of hydrogen-bond acceptors (Lipinski definition) is 4. The van der Waals surface area contributed by atoms with Crippen LogP contribution in [-0.4, -0.2) is 52.3 Å². The van der Waals surface area contributed by atoms with Crippen molar-refractivity contribution in [3.05, 3.63) is 64.6 Å². The summed E-state index contributed by atoms with van der Waals surface area (Å²) in [4.78, 5) is 33.2. The molecule has 0 unspecified atom stereocenters. The van der Waals surface area contributed by atoms with E-state index < -0.39 is 0 Å². The van der Waals surface area contributed by atoms with Crippen molar-refractivity contribution in [3.8, 4) is 0 Å². The molecule has 1 aromatic carbocycles. The molecule has 0 radical (unpaired) electrons. The van der Waals surface area contributed by atoms with E-state index in [1.165, 1.54) is 5.69 Å². The van der Waals surface area contributed by atoms with Crippen LogP contribution in [0.15, 0.2) is 42.6 Å². The lowest BCUT2D eigenvalue weighted by Crippen LogP contribution is -2.72. The lowest BCUT2D eigenvalue weighted by Gasteiger charge is -2.60. The van der Waals surface area contributed by atoms with Crippen LogP contribution in [0.5, 0.6) is 0 Å². The smallest absolute Gasteiger partial charge is 0.270 e. The molecule has 2 saturated heterocycles. The summed E-state index contributed by atoms with van der Waals surface area (Å²) >= 11 is 6.13. The number of halogens is 1. The van der Waals surface area contributed by atoms with E-state index in [0.717, 1.165) is 37.4 Å². The van der Waals surface area contributed by atoms with Crippen molar-refractivity contribution in [2.75, 3.05) is 31.1 Å². The Bertz CT molecular complexity index is 1190. The predicted octanol–water partition coefficient (Wildman–Crippen LogP) is 3.15. The molecule has 0 saturated carbocycles. The molecular weight excluding hydrogens is 426 g/mol. The van der Waals surface area contributed by atoms with Crippen LogP contribution < -0.4 is 10.2 Å². The van der Waals surface area contributed by atoms with Crippen LogP contribution in [-0.2, 0) is 17.8 Å². The lowest BCUT2D eigenvalue weighted by atomic mass is 9.72. The van der Waals surface area contributed by atoms with E-state index in [4.69, 9.17) is 11.6 Å². The number of pyridine rings is 1. The number of hydrogen-bond donors (Lipinski definition) is 1. The van der Waals surface area contributed by atoms with Crippen molar-refractivity contribution in [2.24, 2.45) is 5.41 Å². The minimum absolute atomic E-state index is 0.162. The van der Waals surface area contributed by atoms with E-state index >= 15 is 0 Å². The number of amides is 2. The highest BCUT2D eigenvalue weighted by Gasteiger charge is 2.52. The summed E-state index contributed by atoms with van der Waals surface area (Å²) in [5.41, 5.74) is 4.50. The van der Waals surface area contributed by atoms with Gasteiger partial charge in [-0.1, -0.05) is 30.7 Å². The number of benzene rings is 1. The monoisotopic (exact) mass is 451 g/mol. The molecule has 3 aromatic rings. The molecule has 2 amide bonds. The van der Waals surface area contributed by atoms with Gasteiger partial charge >= 0.3 is 0 Å². The Morgan fingerprint density at radius 1 is 1.09 bits per heavy atom. The molecule has 2 aromatic heterocycles. The van der Waals surface area contributed by atoms with Gasteiger partial charge in [0.15, 0.2) is 0 Å². The Morgan fingerprint density at radius 2 is 1.81 bits per heavy atom. The van der Waals surface area contributed by atoms with Crippen molar-refractivity contribution < 1.29 is 9.59 Å². The Morgan fingerprint density at radius 3 is 2.47 bits per heavy atom. The number of likely N-dealkylation sites (tertiary alicyclic amines) is 1. The zero-order valence-corrected chi connectivity index (χ0v) is 19.0. The van der Waals surface area contributed by atoms with Crippen molar-refractivity contribution in [1.82, 2.24) is 19.6 Å². The number of imidazole rings is 1. The molecule has 166 valence electrons. The van der Waals surface area contributed by atoms with Crippen molar-refractivity contribution >= 4 is 34.7 Å². The maximum Gasteiger partial charge on any atom is 0.270 e. The Hall–Kier alpha value is -3.06. The first-order valence-electron chi connectivity index (χ1n) is 10.9. The molecular formula is C24H26ClN5O2. The largest absolute Gasteiger partial charge is 0.370 e. The standard InChI is InChI=1S/C24H26ClN5O2/c1-3-20-22(30-11-18(25)6-9-21(30)27-20)23(32)26-10-17-4-7-19(8-5-17)29-14-24(15-29)12-28(13-24)16(2)31/h4-9,11H,3,10,12-15H2,1-2H3,(H,26,32). The highest BCUT2D eigenvalue weighted by Crippen LogP contribution is 2.41. The second-order valence-electron chi connectivity index (χ2n) is 8.92. The number of carbonyl (C=O) groups excluding carboxylic acids is 2. The van der Waals surface area contributed by atoms with Crippen LogP contribution in [0, 0.1) is 5.41 Å². The maximum atomic E-state index is 12.9. The van der Waals surface area contributed by atoms with Crippen LogP contribution in [0.3, 0.4) is 0 Å². The van der Waals surface area contributed by atoms with Gasteiger partial charge in [-0.25, -0.2) is 4.98 Å². The van der Waals surface area contributed by atoms with E-state index in [1.54, 1.807) is 23.6 Å². The highest BCUT2D eigenvalue weighted by molar-refractivity contribution is 6.30. The predicted molar refractivity (Wildman–Crippen MR) is 124 cm³/mol. The molecule has 2 aliphatic heterocycles. The molecule has 0 bridgehead atoms. The summed E-state index contributed by atoms with van der Waals surface area (Å²) in [5.74, 6) is 0.00365. The third-order valence-corrected chi connectivity index (χ3v) is 6.73. The summed E-state index contributed by atoms with van der Waals surface area (Å²) in [6, 6.07) is 11.9. The molecule has 32 heavy (non-hydrogen) atoms. The Kier molecular flexibility index (Phi) is 5.08. The molecule has 0 atom stereocenters. The molecule has 5 rings (SSSR count). The first kappa shape index (κ1) is 20.8. The molecule has 0 aliphatic carbocycles. The number of aryl methyl sites for hydroxylation is 1. The van der Waals surface area contributed by atoms with E-state index in [9.17, 15) is 9.59 Å². The summed E-state index contributed by atoms with van der Waals surface area (Å²) in [6.45, 7) is 7.78. The number of rotatable bonds is 5. The highest BCUT2D eigenvalue weighted by atomic mass is 35.5. The van der Waals surface area contributed by atoms with E-state index in [2.05, 4.69) is 39.5 Å². The summed E-state index contributed by atoms with van der Waals surface area (Å²) in [7, 11) is 0. The first-order chi connectivity index (χ1) is 15.4. The molecule has 8 heteroatoms. The van der Waals surface area contributed by atoms with Gasteiger partial charge in [0.2, 0.25) is 5.91 Å². The summed E-state index contributed by atoms with van der Waals surface area (Å²) < 4.78 is 1.76. The Balaban J connectivity index is 1.20. The van der Waals surface area contributed by atoms with Gasteiger partial charge < -0.3 is 15.1 Å². The van der Waals surface area contributed by atoms with Gasteiger partial charge in [-0.15, -0.1) is 0 Å². The molecule has 7 nitrogen and oxygen atoms in total. The summed E-state index contributed by atoms with van der Waals surface area (Å²) in [6.07, 6.45) is 2.39. The average molecular weight is 452 g/mol. The van der Waals surface area contributed by atoms with E-state index in [0.29, 0.717) is 29.3 Å². The third kappa shape index (κ3) is 3.60. The second-order valence-corrected chi connectivity index (χ2v) is 9.35. The van der Waals surface area contributed by atoms with Gasteiger partial charge in [0.05, 0.1) is 10.7 Å². The topological polar surface area (TPSA) is 70.0 Å². The van der Waals surface area contributed by atoms with Gasteiger partial charge in [0.1, 0.15) is 11.3 Å². The second kappa shape index (κ2) is 7.81. The maximum absolute atomic E-state index is 12.9. The lowest BCUT2D eigenvalue weighted by molar-refractivity contribution is -0.142. The van der Waals surface area contributed by atoms with Crippen LogP contribution in [0.4, 0.5) is 5.69 Å². The van der Waals surface area contributed by atoms with Crippen molar-refractivity contribution in [2.45, 2.75) is 26.8 Å². The zero-order valence-electron chi connectivity index (χ0n) is 18.3. The molecule has 1 spiro atoms. The first-order valence-corrected chi connectivity index (χ1v) is 11.3. The molecule has 2 fully saturated rings. The number of anilines is 1. The van der Waals surface area contributed by atoms with Gasteiger partial charge in [0.25, 0.3) is 5.91 Å². The quantitative estimate of drug-likeness (QED) is 0.647. The minimum Gasteiger partial charge on any atom is -0.370 e. The fourth-order valence-corrected chi connectivity index (χ4v) is 4.94. The van der Waals surface area contributed by atoms with Crippen LogP contribution in [0.25, 0.3) is 5.65 Å². The molecule has 2 aliphatic rings. The number of aromatic nitrogens is 2. The zero-order chi connectivity index (χ0) is 22.5. The van der Waals surface area contributed by atoms with Crippen molar-refractivity contribution in [3.63, 3.8) is 0 Å². The van der Waals surface area contributed by atoms with Gasteiger partial charge in [-0.3, -0.25) is 14.0 Å². The minimum atomic E-state index is -0.162. The van der Waals surface area contributed by atoms with E-state index in [1.807, 2.05) is 17.9 Å². The van der Waals surface area contributed by atoms with E-state index in [-0.39, 0.29) is 17.2 Å². The number of nitrogens with one attached hydrogen (secondary N) is 1. The molecule has 4 heterocycles. The Labute approximate surface area is 192 Å². The van der Waals surface area contributed by atoms with Crippen LogP contribution in [0.2, 0.25) is 5.02 Å². The fourth-order valence-electron chi connectivity index (χ4n) is 4.78. The summed E-state index contributed by atoms with van der Waals surface area (Å²) in [5, 5.41) is 3.58. The number of fused-ring (bicyclic) bond motifs is 1.